The van der Waals surface area contributed by atoms with Gasteiger partial charge < -0.3 is 0 Å². The molecule has 2 aromatic rings. The number of aromatic nitrogens is 4. The molecule has 1 N–H and O–H groups in total. The van der Waals surface area contributed by atoms with Gasteiger partial charge >= 0.3 is 0 Å². The van der Waals surface area contributed by atoms with Crippen molar-refractivity contribution < 1.29 is 0 Å². The van der Waals surface area contributed by atoms with Crippen LogP contribution in [0.1, 0.15) is 64.0 Å². The monoisotopic (exact) mass is 322 g/mol. The molecule has 0 bridgehead atoms. The van der Waals surface area contributed by atoms with Gasteiger partial charge in [-0.2, -0.15) is 9.50 Å². The molecule has 2 heterocycles. The fourth-order valence-corrected chi connectivity index (χ4v) is 3.29. The molecule has 0 fully saturated rings. The summed E-state index contributed by atoms with van der Waals surface area (Å²) in [5, 5.41) is 3.79. The Kier molecular flexibility index (Phi) is 6.96. The number of aromatic amines is 1. The first kappa shape index (κ1) is 17.1. The number of rotatable bonds is 10. The van der Waals surface area contributed by atoms with Crippen LogP contribution >= 0.6 is 11.8 Å². The van der Waals surface area contributed by atoms with Gasteiger partial charge in [0.1, 0.15) is 0 Å². The largest absolute Gasteiger partial charge is 0.274 e. The molecule has 0 aliphatic rings. The number of aryl methyl sites for hydroxylation is 1. The molecule has 6 heteroatoms. The van der Waals surface area contributed by atoms with Crippen molar-refractivity contribution in [3.05, 3.63) is 22.1 Å². The van der Waals surface area contributed by atoms with Gasteiger partial charge in [0.15, 0.2) is 5.16 Å². The fraction of sp³-hybridized carbons (Fsp3) is 0.688. The Morgan fingerprint density at radius 1 is 1.09 bits per heavy atom. The minimum atomic E-state index is -0.103. The second-order valence-corrected chi connectivity index (χ2v) is 6.81. The van der Waals surface area contributed by atoms with Crippen molar-refractivity contribution in [1.82, 2.24) is 19.6 Å². The van der Waals surface area contributed by atoms with Crippen LogP contribution in [-0.4, -0.2) is 25.3 Å². The predicted molar refractivity (Wildman–Crippen MR) is 91.7 cm³/mol. The van der Waals surface area contributed by atoms with Crippen molar-refractivity contribution in [2.75, 3.05) is 5.75 Å². The van der Waals surface area contributed by atoms with E-state index < -0.39 is 0 Å². The van der Waals surface area contributed by atoms with Gasteiger partial charge in [-0.1, -0.05) is 63.6 Å². The molecule has 0 aromatic carbocycles. The van der Waals surface area contributed by atoms with Crippen molar-refractivity contribution in [3.8, 4) is 0 Å². The van der Waals surface area contributed by atoms with Gasteiger partial charge in [-0.05, 0) is 13.3 Å². The maximum atomic E-state index is 11.8. The van der Waals surface area contributed by atoms with Crippen LogP contribution in [0.4, 0.5) is 0 Å². The average Bonchev–Trinajstić information content (AvgIpc) is 2.88. The zero-order valence-corrected chi connectivity index (χ0v) is 14.4. The van der Waals surface area contributed by atoms with E-state index in [4.69, 9.17) is 0 Å². The predicted octanol–water partition coefficient (Wildman–Crippen LogP) is 3.96. The average molecular weight is 322 g/mol. The smallest absolute Gasteiger partial charge is 0.267 e. The highest BCUT2D eigenvalue weighted by molar-refractivity contribution is 7.99. The Morgan fingerprint density at radius 2 is 1.77 bits per heavy atom. The zero-order valence-electron chi connectivity index (χ0n) is 13.6. The molecule has 0 atom stereocenters. The maximum Gasteiger partial charge on any atom is 0.274 e. The van der Waals surface area contributed by atoms with E-state index in [1.165, 1.54) is 61.9 Å². The summed E-state index contributed by atoms with van der Waals surface area (Å²) in [6.45, 7) is 4.06. The van der Waals surface area contributed by atoms with Crippen LogP contribution in [0.15, 0.2) is 16.0 Å². The van der Waals surface area contributed by atoms with E-state index in [9.17, 15) is 4.79 Å². The van der Waals surface area contributed by atoms with E-state index in [1.807, 2.05) is 6.92 Å². The highest BCUT2D eigenvalue weighted by Gasteiger charge is 2.06. The number of H-pyrrole nitrogens is 1. The molecular formula is C16H26N4OS. The molecule has 0 aliphatic heterocycles. The molecule has 0 saturated heterocycles. The lowest BCUT2D eigenvalue weighted by Crippen LogP contribution is -2.14. The second kappa shape index (κ2) is 8.98. The highest BCUT2D eigenvalue weighted by Crippen LogP contribution is 2.16. The molecule has 0 unspecified atom stereocenters. The van der Waals surface area contributed by atoms with Crippen molar-refractivity contribution in [2.45, 2.75) is 70.4 Å². The van der Waals surface area contributed by atoms with Gasteiger partial charge in [0.25, 0.3) is 11.3 Å². The summed E-state index contributed by atoms with van der Waals surface area (Å²) in [6.07, 6.45) is 10.6. The number of hydrogen-bond donors (Lipinski definition) is 1. The van der Waals surface area contributed by atoms with Crippen molar-refractivity contribution in [3.63, 3.8) is 0 Å². The third kappa shape index (κ3) is 5.16. The minimum absolute atomic E-state index is 0.103. The Hall–Kier alpha value is -1.30. The summed E-state index contributed by atoms with van der Waals surface area (Å²) in [6, 6.07) is 1.51. The van der Waals surface area contributed by atoms with Gasteiger partial charge in [0.2, 0.25) is 0 Å². The van der Waals surface area contributed by atoms with Crippen LogP contribution in [0.3, 0.4) is 0 Å². The van der Waals surface area contributed by atoms with Gasteiger partial charge in [-0.25, -0.2) is 4.98 Å². The number of nitrogens with one attached hydrogen (secondary N) is 1. The topological polar surface area (TPSA) is 63.1 Å². The molecule has 0 amide bonds. The summed E-state index contributed by atoms with van der Waals surface area (Å²) < 4.78 is 1.41. The molecule has 0 spiro atoms. The van der Waals surface area contributed by atoms with Crippen LogP contribution in [0.25, 0.3) is 5.78 Å². The lowest BCUT2D eigenvalue weighted by atomic mass is 10.1. The van der Waals surface area contributed by atoms with Crippen LogP contribution in [0, 0.1) is 6.92 Å². The molecule has 5 nitrogen and oxygen atoms in total. The first-order chi connectivity index (χ1) is 10.7. The summed E-state index contributed by atoms with van der Waals surface area (Å²) in [7, 11) is 0. The second-order valence-electron chi connectivity index (χ2n) is 5.72. The molecule has 122 valence electrons. The summed E-state index contributed by atoms with van der Waals surface area (Å²) in [5.41, 5.74) is 0.602. The van der Waals surface area contributed by atoms with Gasteiger partial charge in [-0.15, -0.1) is 0 Å². The summed E-state index contributed by atoms with van der Waals surface area (Å²) in [4.78, 5) is 20.4. The fourth-order valence-electron chi connectivity index (χ4n) is 2.44. The van der Waals surface area contributed by atoms with E-state index in [0.29, 0.717) is 11.5 Å². The molecule has 2 rings (SSSR count). The lowest BCUT2D eigenvalue weighted by molar-refractivity contribution is 0.586. The highest BCUT2D eigenvalue weighted by atomic mass is 32.2. The SMILES string of the molecule is CCCCCCCCCCSc1nc2nc(C)cc(=O)n2[nH]1. The normalized spacial score (nSPS) is 11.4. The summed E-state index contributed by atoms with van der Waals surface area (Å²) in [5.74, 6) is 1.49. The van der Waals surface area contributed by atoms with E-state index in [-0.39, 0.29) is 5.56 Å². The van der Waals surface area contributed by atoms with Crippen molar-refractivity contribution in [2.24, 2.45) is 0 Å². The van der Waals surface area contributed by atoms with Gasteiger partial charge in [0, 0.05) is 17.5 Å². The Bertz CT molecular complexity index is 635. The van der Waals surface area contributed by atoms with Crippen molar-refractivity contribution >= 4 is 17.5 Å². The van der Waals surface area contributed by atoms with Crippen LogP contribution < -0.4 is 5.56 Å². The Labute approximate surface area is 135 Å². The molecule has 0 saturated carbocycles. The number of nitrogens with zero attached hydrogens (tertiary/aromatic N) is 3. The Balaban J connectivity index is 1.67. The molecule has 22 heavy (non-hydrogen) atoms. The van der Waals surface area contributed by atoms with E-state index in [0.717, 1.165) is 10.9 Å². The lowest BCUT2D eigenvalue weighted by Gasteiger charge is -2.00. The number of thioether (sulfide) groups is 1. The maximum absolute atomic E-state index is 11.8. The minimum Gasteiger partial charge on any atom is -0.267 e. The quantitative estimate of drug-likeness (QED) is 0.531. The molecular weight excluding hydrogens is 296 g/mol. The molecule has 2 aromatic heterocycles. The first-order valence-electron chi connectivity index (χ1n) is 8.30. The first-order valence-corrected chi connectivity index (χ1v) is 9.28. The van der Waals surface area contributed by atoms with Crippen LogP contribution in [0.2, 0.25) is 0 Å². The number of unbranched alkanes of at least 4 members (excludes halogenated alkanes) is 7. The Morgan fingerprint density at radius 3 is 2.50 bits per heavy atom. The van der Waals surface area contributed by atoms with Gasteiger partial charge in [0.05, 0.1) is 0 Å². The third-order valence-electron chi connectivity index (χ3n) is 3.67. The number of fused-ring (bicyclic) bond motifs is 1. The third-order valence-corrected chi connectivity index (χ3v) is 4.62. The standard InChI is InChI=1S/C16H26N4OS/c1-3-4-5-6-7-8-9-10-11-22-16-18-15-17-13(2)12-14(21)20(15)19-16/h12H,3-11H2,1-2H3,(H,17,18,19). The van der Waals surface area contributed by atoms with E-state index in [1.54, 1.807) is 11.8 Å². The van der Waals surface area contributed by atoms with Crippen LogP contribution in [0.5, 0.6) is 0 Å². The van der Waals surface area contributed by atoms with Gasteiger partial charge in [-0.3, -0.25) is 9.89 Å². The van der Waals surface area contributed by atoms with E-state index >= 15 is 0 Å². The van der Waals surface area contributed by atoms with Crippen LogP contribution in [-0.2, 0) is 0 Å². The number of hydrogen-bond acceptors (Lipinski definition) is 4. The summed E-state index contributed by atoms with van der Waals surface area (Å²) >= 11 is 1.67. The van der Waals surface area contributed by atoms with Crippen molar-refractivity contribution in [1.29, 1.82) is 0 Å². The zero-order chi connectivity index (χ0) is 15.8. The molecule has 0 aliphatic carbocycles. The van der Waals surface area contributed by atoms with E-state index in [2.05, 4.69) is 22.0 Å². The molecule has 0 radical (unpaired) electrons.